The topological polar surface area (TPSA) is 116 Å². The van der Waals surface area contributed by atoms with E-state index in [-0.39, 0.29) is 12.5 Å². The second kappa shape index (κ2) is 9.41. The van der Waals surface area contributed by atoms with Crippen molar-refractivity contribution in [1.29, 1.82) is 0 Å². The molecule has 2 aromatic heterocycles. The molecule has 0 unspecified atom stereocenters. The van der Waals surface area contributed by atoms with Gasteiger partial charge in [-0.1, -0.05) is 6.07 Å². The Morgan fingerprint density at radius 3 is 2.91 bits per heavy atom. The van der Waals surface area contributed by atoms with E-state index in [0.717, 1.165) is 29.6 Å². The molecule has 0 aliphatic carbocycles. The average molecular weight is 450 g/mol. The van der Waals surface area contributed by atoms with Gasteiger partial charge in [-0.05, 0) is 43.2 Å². The number of benzene rings is 1. The second-order valence-corrected chi connectivity index (χ2v) is 8.34. The summed E-state index contributed by atoms with van der Waals surface area (Å²) in [5.74, 6) is -1.07. The van der Waals surface area contributed by atoms with Crippen LogP contribution in [0, 0.1) is 0 Å². The van der Waals surface area contributed by atoms with Gasteiger partial charge in [0, 0.05) is 55.4 Å². The van der Waals surface area contributed by atoms with Crippen LogP contribution in [0.3, 0.4) is 0 Å². The number of nitrogens with zero attached hydrogens (tertiary/aromatic N) is 4. The molecule has 0 bridgehead atoms. The predicted octanol–water partition coefficient (Wildman–Crippen LogP) is 2.20. The van der Waals surface area contributed by atoms with Gasteiger partial charge in [-0.2, -0.15) is 0 Å². The lowest BCUT2D eigenvalue weighted by Gasteiger charge is -2.42. The van der Waals surface area contributed by atoms with E-state index in [1.54, 1.807) is 43.8 Å². The molecule has 3 aromatic rings. The number of fused-ring (bicyclic) bond motifs is 1. The molecule has 1 fully saturated rings. The van der Waals surface area contributed by atoms with Crippen molar-refractivity contribution < 1.29 is 24.5 Å². The highest BCUT2D eigenvalue weighted by atomic mass is 16.5. The third-order valence-electron chi connectivity index (χ3n) is 5.74. The third-order valence-corrected chi connectivity index (χ3v) is 5.74. The fraction of sp³-hybridized carbons (Fsp3) is 0.333. The van der Waals surface area contributed by atoms with Gasteiger partial charge in [0.25, 0.3) is 5.91 Å². The monoisotopic (exact) mass is 450 g/mol. The van der Waals surface area contributed by atoms with Crippen molar-refractivity contribution in [3.63, 3.8) is 0 Å². The van der Waals surface area contributed by atoms with Crippen LogP contribution in [0.2, 0.25) is 0 Å². The number of anilines is 1. The Balaban J connectivity index is 1.47. The zero-order valence-electron chi connectivity index (χ0n) is 18.3. The maximum absolute atomic E-state index is 13.0. The highest BCUT2D eigenvalue weighted by molar-refractivity contribution is 5.94. The Bertz CT molecular complexity index is 1170. The van der Waals surface area contributed by atoms with Crippen molar-refractivity contribution in [3.8, 4) is 5.75 Å². The van der Waals surface area contributed by atoms with Gasteiger partial charge in [0.15, 0.2) is 6.61 Å². The van der Waals surface area contributed by atoms with Crippen LogP contribution in [-0.2, 0) is 4.79 Å². The maximum Gasteiger partial charge on any atom is 0.341 e. The van der Waals surface area contributed by atoms with Gasteiger partial charge in [0.1, 0.15) is 5.75 Å². The second-order valence-electron chi connectivity index (χ2n) is 8.34. The fourth-order valence-electron chi connectivity index (χ4n) is 4.30. The fourth-order valence-corrected chi connectivity index (χ4v) is 4.30. The number of aliphatic hydroxyl groups is 1. The number of carboxylic acids is 1. The van der Waals surface area contributed by atoms with Crippen molar-refractivity contribution in [1.82, 2.24) is 14.9 Å². The zero-order valence-corrected chi connectivity index (χ0v) is 18.3. The Kier molecular flexibility index (Phi) is 6.41. The molecule has 1 amide bonds. The molecule has 1 aliphatic rings. The van der Waals surface area contributed by atoms with Crippen LogP contribution in [0.4, 0.5) is 5.69 Å². The first kappa shape index (κ1) is 22.5. The van der Waals surface area contributed by atoms with E-state index in [2.05, 4.69) is 14.9 Å². The summed E-state index contributed by atoms with van der Waals surface area (Å²) in [5.41, 5.74) is 1.08. The number of piperidine rings is 1. The summed E-state index contributed by atoms with van der Waals surface area (Å²) in [6.07, 6.45) is 6.58. The van der Waals surface area contributed by atoms with Crippen LogP contribution in [0.15, 0.2) is 55.0 Å². The minimum absolute atomic E-state index is 0.157. The van der Waals surface area contributed by atoms with Crippen molar-refractivity contribution in [2.75, 3.05) is 38.2 Å². The number of β-amino-alcohol motifs (C(OH)–C–C–N with tert-alkyl or cyclic N) is 1. The van der Waals surface area contributed by atoms with Gasteiger partial charge in [-0.3, -0.25) is 14.8 Å². The number of hydrogen-bond donors (Lipinski definition) is 2. The molecular weight excluding hydrogens is 424 g/mol. The molecular formula is C24H26N4O5. The number of carboxylic acid groups (broad SMARTS) is 1. The number of pyridine rings is 2. The van der Waals surface area contributed by atoms with E-state index >= 15 is 0 Å². The number of ether oxygens (including phenoxy) is 1. The molecule has 4 rings (SSSR count). The van der Waals surface area contributed by atoms with Gasteiger partial charge < -0.3 is 24.7 Å². The smallest absolute Gasteiger partial charge is 0.341 e. The average Bonchev–Trinajstić information content (AvgIpc) is 2.81. The lowest BCUT2D eigenvalue weighted by atomic mass is 9.91. The van der Waals surface area contributed by atoms with Crippen LogP contribution >= 0.6 is 0 Å². The van der Waals surface area contributed by atoms with Crippen LogP contribution < -0.4 is 9.64 Å². The van der Waals surface area contributed by atoms with E-state index in [1.807, 2.05) is 12.1 Å². The summed E-state index contributed by atoms with van der Waals surface area (Å²) in [7, 11) is 1.65. The molecule has 9 nitrogen and oxygen atoms in total. The molecule has 3 heterocycles. The summed E-state index contributed by atoms with van der Waals surface area (Å²) in [4.78, 5) is 35.9. The first-order chi connectivity index (χ1) is 15.8. The minimum Gasteiger partial charge on any atom is -0.482 e. The van der Waals surface area contributed by atoms with Crippen LogP contribution in [-0.4, -0.2) is 75.8 Å². The zero-order chi connectivity index (χ0) is 23.4. The molecule has 0 saturated carbocycles. The first-order valence-electron chi connectivity index (χ1n) is 10.7. The third kappa shape index (κ3) is 5.20. The van der Waals surface area contributed by atoms with E-state index < -0.39 is 18.2 Å². The van der Waals surface area contributed by atoms with Crippen molar-refractivity contribution in [2.24, 2.45) is 0 Å². The molecule has 9 heteroatoms. The molecule has 172 valence electrons. The normalized spacial score (nSPS) is 18.2. The van der Waals surface area contributed by atoms with Crippen molar-refractivity contribution >= 4 is 28.5 Å². The Hall–Kier alpha value is -3.72. The number of amides is 1. The predicted molar refractivity (Wildman–Crippen MR) is 122 cm³/mol. The molecule has 1 atom stereocenters. The number of aliphatic carboxylic acids is 1. The largest absolute Gasteiger partial charge is 0.482 e. The van der Waals surface area contributed by atoms with Gasteiger partial charge in [-0.25, -0.2) is 4.79 Å². The lowest BCUT2D eigenvalue weighted by molar-refractivity contribution is -0.139. The number of carbonyl (C=O) groups is 2. The number of hydrogen-bond acceptors (Lipinski definition) is 7. The molecule has 33 heavy (non-hydrogen) atoms. The molecule has 1 aliphatic heterocycles. The number of aromatic nitrogens is 2. The number of likely N-dealkylation sites (N-methyl/N-ethyl adjacent to an activating group) is 1. The Morgan fingerprint density at radius 1 is 1.24 bits per heavy atom. The highest BCUT2D eigenvalue weighted by Gasteiger charge is 2.36. The van der Waals surface area contributed by atoms with Crippen LogP contribution in [0.1, 0.15) is 23.2 Å². The van der Waals surface area contributed by atoms with Crippen molar-refractivity contribution in [2.45, 2.75) is 18.4 Å². The van der Waals surface area contributed by atoms with Crippen LogP contribution in [0.5, 0.6) is 5.75 Å². The summed E-state index contributed by atoms with van der Waals surface area (Å²) in [6.45, 7) is 0.837. The van der Waals surface area contributed by atoms with Crippen molar-refractivity contribution in [3.05, 3.63) is 60.6 Å². The Morgan fingerprint density at radius 2 is 2.09 bits per heavy atom. The number of rotatable bonds is 7. The maximum atomic E-state index is 13.0. The van der Waals surface area contributed by atoms with E-state index in [1.165, 1.54) is 11.0 Å². The van der Waals surface area contributed by atoms with E-state index in [9.17, 15) is 14.7 Å². The van der Waals surface area contributed by atoms with E-state index in [4.69, 9.17) is 9.84 Å². The standard InChI is InChI=1S/C24H26N4O5/c1-27(23(31)17-4-2-5-18(12-17)33-14-22(29)30)15-24(32)8-3-11-28(16-24)21-7-10-26-20-6-9-25-13-19(20)21/h2,4-7,9-10,12-13,32H,3,8,11,14-16H2,1H3,(H,29,30)/t24-/m0/s1. The van der Waals surface area contributed by atoms with Crippen LogP contribution in [0.25, 0.3) is 10.9 Å². The molecule has 1 aromatic carbocycles. The molecule has 1 saturated heterocycles. The lowest BCUT2D eigenvalue weighted by Crippen LogP contribution is -2.54. The van der Waals surface area contributed by atoms with Gasteiger partial charge >= 0.3 is 5.97 Å². The summed E-state index contributed by atoms with van der Waals surface area (Å²) >= 11 is 0. The first-order valence-corrected chi connectivity index (χ1v) is 10.7. The minimum atomic E-state index is -1.09. The Labute approximate surface area is 191 Å². The quantitative estimate of drug-likeness (QED) is 0.563. The van der Waals surface area contributed by atoms with E-state index in [0.29, 0.717) is 24.3 Å². The SMILES string of the molecule is CN(C[C@@]1(O)CCCN(c2ccnc3ccncc23)C1)C(=O)c1cccc(OCC(=O)O)c1. The van der Waals surface area contributed by atoms with Gasteiger partial charge in [0.2, 0.25) is 0 Å². The summed E-state index contributed by atoms with van der Waals surface area (Å²) in [6, 6.07) is 10.2. The number of carbonyl (C=O) groups excluding carboxylic acids is 1. The molecule has 2 N–H and O–H groups in total. The molecule has 0 radical (unpaired) electrons. The van der Waals surface area contributed by atoms with Gasteiger partial charge in [0.05, 0.1) is 17.7 Å². The van der Waals surface area contributed by atoms with Gasteiger partial charge in [-0.15, -0.1) is 0 Å². The summed E-state index contributed by atoms with van der Waals surface area (Å²) in [5, 5.41) is 21.1. The highest BCUT2D eigenvalue weighted by Crippen LogP contribution is 2.31. The summed E-state index contributed by atoms with van der Waals surface area (Å²) < 4.78 is 5.17. The molecule has 0 spiro atoms.